The first kappa shape index (κ1) is 20.1. The number of carbonyl (C=O) groups excluding carboxylic acids is 1. The minimum atomic E-state index is 0.0331. The fraction of sp³-hybridized carbons (Fsp3) is 0.500. The monoisotopic (exact) mass is 382 g/mol. The van der Waals surface area contributed by atoms with Gasteiger partial charge in [-0.1, -0.05) is 13.3 Å². The van der Waals surface area contributed by atoms with Gasteiger partial charge in [-0.15, -0.1) is 0 Å². The summed E-state index contributed by atoms with van der Waals surface area (Å²) in [5.41, 5.74) is 3.06. The van der Waals surface area contributed by atoms with E-state index in [-0.39, 0.29) is 11.9 Å². The molecule has 0 saturated carbocycles. The number of carbonyl (C=O) groups is 1. The number of nitrogens with zero attached hydrogens (tertiary/aromatic N) is 4. The fourth-order valence-corrected chi connectivity index (χ4v) is 3.52. The number of furan rings is 1. The van der Waals surface area contributed by atoms with E-state index in [0.717, 1.165) is 53.2 Å². The van der Waals surface area contributed by atoms with E-state index in [1.165, 1.54) is 0 Å². The van der Waals surface area contributed by atoms with Gasteiger partial charge in [-0.3, -0.25) is 4.79 Å². The second kappa shape index (κ2) is 8.17. The third-order valence-corrected chi connectivity index (χ3v) is 5.05. The van der Waals surface area contributed by atoms with Crippen molar-refractivity contribution in [3.63, 3.8) is 0 Å². The largest absolute Gasteiger partial charge is 0.466 e. The second-order valence-electron chi connectivity index (χ2n) is 7.54. The van der Waals surface area contributed by atoms with Crippen molar-refractivity contribution in [3.8, 4) is 11.3 Å². The lowest BCUT2D eigenvalue weighted by Crippen LogP contribution is -2.32. The van der Waals surface area contributed by atoms with E-state index in [4.69, 9.17) is 9.40 Å². The Hall–Kier alpha value is -2.63. The first-order valence-electron chi connectivity index (χ1n) is 10.1. The zero-order valence-electron chi connectivity index (χ0n) is 17.7. The molecular formula is C22H30N4O2. The third kappa shape index (κ3) is 3.68. The molecule has 0 atom stereocenters. The Labute approximate surface area is 166 Å². The second-order valence-corrected chi connectivity index (χ2v) is 7.54. The number of amides is 1. The Morgan fingerprint density at radius 1 is 1.25 bits per heavy atom. The number of hydrogen-bond donors (Lipinski definition) is 0. The molecule has 6 heteroatoms. The molecule has 6 nitrogen and oxygen atoms in total. The zero-order valence-corrected chi connectivity index (χ0v) is 17.7. The van der Waals surface area contributed by atoms with Gasteiger partial charge in [0, 0.05) is 24.7 Å². The molecule has 0 bridgehead atoms. The van der Waals surface area contributed by atoms with Crippen LogP contribution in [-0.4, -0.2) is 38.7 Å². The van der Waals surface area contributed by atoms with E-state index in [1.807, 2.05) is 42.5 Å². The van der Waals surface area contributed by atoms with Crippen molar-refractivity contribution in [2.75, 3.05) is 13.1 Å². The van der Waals surface area contributed by atoms with E-state index in [0.29, 0.717) is 12.1 Å². The number of fused-ring (bicyclic) bond motifs is 1. The molecule has 0 aliphatic rings. The molecule has 3 rings (SSSR count). The standard InChI is InChI=1S/C22H30N4O2/c1-7-9-10-25(8-2)22(27)18-12-20(17-11-15(5)28-16(17)6)24-21-19(18)13-23-26(21)14(3)4/h11-14H,7-10H2,1-6H3. The Kier molecular flexibility index (Phi) is 5.87. The average Bonchev–Trinajstić information content (AvgIpc) is 3.23. The zero-order chi connectivity index (χ0) is 20.4. The Morgan fingerprint density at radius 2 is 2.00 bits per heavy atom. The lowest BCUT2D eigenvalue weighted by atomic mass is 10.1. The summed E-state index contributed by atoms with van der Waals surface area (Å²) < 4.78 is 7.58. The highest BCUT2D eigenvalue weighted by Gasteiger charge is 2.23. The SMILES string of the molecule is CCCCN(CC)C(=O)c1cc(-c2cc(C)oc2C)nc2c1cnn2C(C)C. The number of hydrogen-bond acceptors (Lipinski definition) is 4. The highest BCUT2D eigenvalue weighted by molar-refractivity contribution is 6.06. The Bertz CT molecular complexity index is 984. The van der Waals surface area contributed by atoms with Crippen molar-refractivity contribution in [3.05, 3.63) is 35.4 Å². The topological polar surface area (TPSA) is 64.2 Å². The van der Waals surface area contributed by atoms with E-state index in [9.17, 15) is 4.79 Å². The van der Waals surface area contributed by atoms with Gasteiger partial charge in [-0.25, -0.2) is 9.67 Å². The quantitative estimate of drug-likeness (QED) is 0.567. The minimum Gasteiger partial charge on any atom is -0.466 e. The summed E-state index contributed by atoms with van der Waals surface area (Å²) in [5.74, 6) is 1.67. The van der Waals surface area contributed by atoms with Crippen LogP contribution in [0.3, 0.4) is 0 Å². The molecule has 0 saturated heterocycles. The van der Waals surface area contributed by atoms with Gasteiger partial charge in [-0.05, 0) is 53.2 Å². The van der Waals surface area contributed by atoms with Crippen molar-refractivity contribution < 1.29 is 9.21 Å². The van der Waals surface area contributed by atoms with Gasteiger partial charge in [0.1, 0.15) is 11.5 Å². The molecule has 0 aliphatic heterocycles. The number of aromatic nitrogens is 3. The molecule has 3 aromatic heterocycles. The summed E-state index contributed by atoms with van der Waals surface area (Å²) in [4.78, 5) is 20.2. The van der Waals surface area contributed by atoms with Crippen LogP contribution in [0, 0.1) is 13.8 Å². The van der Waals surface area contributed by atoms with Gasteiger partial charge in [0.25, 0.3) is 5.91 Å². The number of unbranched alkanes of at least 4 members (excludes halogenated alkanes) is 1. The summed E-state index contributed by atoms with van der Waals surface area (Å²) in [6.07, 6.45) is 3.81. The first-order valence-corrected chi connectivity index (χ1v) is 10.1. The molecule has 0 aromatic carbocycles. The molecule has 0 N–H and O–H groups in total. The molecule has 3 heterocycles. The fourth-order valence-electron chi connectivity index (χ4n) is 3.52. The molecular weight excluding hydrogens is 352 g/mol. The molecule has 28 heavy (non-hydrogen) atoms. The van der Waals surface area contributed by atoms with Crippen molar-refractivity contribution >= 4 is 16.9 Å². The van der Waals surface area contributed by atoms with Crippen LogP contribution in [0.4, 0.5) is 0 Å². The number of rotatable bonds is 7. The smallest absolute Gasteiger partial charge is 0.254 e. The number of pyridine rings is 1. The van der Waals surface area contributed by atoms with Gasteiger partial charge >= 0.3 is 0 Å². The van der Waals surface area contributed by atoms with Gasteiger partial charge in [-0.2, -0.15) is 5.10 Å². The summed E-state index contributed by atoms with van der Waals surface area (Å²) in [6.45, 7) is 13.6. The van der Waals surface area contributed by atoms with Crippen LogP contribution in [0.25, 0.3) is 22.3 Å². The van der Waals surface area contributed by atoms with Crippen molar-refractivity contribution in [2.45, 2.75) is 60.4 Å². The minimum absolute atomic E-state index is 0.0331. The molecule has 0 aliphatic carbocycles. The third-order valence-electron chi connectivity index (χ3n) is 5.05. The van der Waals surface area contributed by atoms with E-state index in [2.05, 4.69) is 25.9 Å². The predicted octanol–water partition coefficient (Wildman–Crippen LogP) is 5.15. The molecule has 150 valence electrons. The van der Waals surface area contributed by atoms with E-state index < -0.39 is 0 Å². The summed E-state index contributed by atoms with van der Waals surface area (Å²) in [5, 5.41) is 5.31. The Balaban J connectivity index is 2.20. The van der Waals surface area contributed by atoms with Crippen molar-refractivity contribution in [1.29, 1.82) is 0 Å². The summed E-state index contributed by atoms with van der Waals surface area (Å²) >= 11 is 0. The molecule has 0 radical (unpaired) electrons. The van der Waals surface area contributed by atoms with Gasteiger partial charge in [0.05, 0.1) is 22.8 Å². The van der Waals surface area contributed by atoms with Gasteiger partial charge < -0.3 is 9.32 Å². The lowest BCUT2D eigenvalue weighted by Gasteiger charge is -2.21. The Morgan fingerprint density at radius 3 is 2.57 bits per heavy atom. The van der Waals surface area contributed by atoms with Gasteiger partial charge in [0.15, 0.2) is 5.65 Å². The maximum Gasteiger partial charge on any atom is 0.254 e. The van der Waals surface area contributed by atoms with Crippen molar-refractivity contribution in [1.82, 2.24) is 19.7 Å². The highest BCUT2D eigenvalue weighted by atomic mass is 16.3. The van der Waals surface area contributed by atoms with Crippen LogP contribution in [0.15, 0.2) is 22.7 Å². The van der Waals surface area contributed by atoms with Crippen LogP contribution in [0.5, 0.6) is 0 Å². The molecule has 0 fully saturated rings. The maximum atomic E-state index is 13.4. The van der Waals surface area contributed by atoms with Crippen LogP contribution in [-0.2, 0) is 0 Å². The highest BCUT2D eigenvalue weighted by Crippen LogP contribution is 2.30. The number of aryl methyl sites for hydroxylation is 2. The maximum absolute atomic E-state index is 13.4. The predicted molar refractivity (Wildman–Crippen MR) is 112 cm³/mol. The molecule has 0 spiro atoms. The van der Waals surface area contributed by atoms with E-state index >= 15 is 0 Å². The average molecular weight is 383 g/mol. The normalized spacial score (nSPS) is 11.5. The summed E-state index contributed by atoms with van der Waals surface area (Å²) in [6, 6.07) is 4.02. The molecule has 3 aromatic rings. The van der Waals surface area contributed by atoms with Crippen LogP contribution in [0.2, 0.25) is 0 Å². The van der Waals surface area contributed by atoms with Crippen LogP contribution in [0.1, 0.15) is 68.5 Å². The first-order chi connectivity index (χ1) is 13.4. The van der Waals surface area contributed by atoms with Crippen LogP contribution < -0.4 is 0 Å². The van der Waals surface area contributed by atoms with Gasteiger partial charge in [0.2, 0.25) is 0 Å². The molecule has 0 unspecified atom stereocenters. The van der Waals surface area contributed by atoms with Crippen LogP contribution >= 0.6 is 0 Å². The summed E-state index contributed by atoms with van der Waals surface area (Å²) in [7, 11) is 0. The molecule has 1 amide bonds. The lowest BCUT2D eigenvalue weighted by molar-refractivity contribution is 0.0764. The van der Waals surface area contributed by atoms with Crippen molar-refractivity contribution in [2.24, 2.45) is 0 Å². The van der Waals surface area contributed by atoms with E-state index in [1.54, 1.807) is 6.20 Å².